The summed E-state index contributed by atoms with van der Waals surface area (Å²) < 4.78 is 0. The van der Waals surface area contributed by atoms with Crippen LogP contribution >= 0.6 is 11.6 Å². The fraction of sp³-hybridized carbons (Fsp3) is 0.308. The van der Waals surface area contributed by atoms with Crippen LogP contribution in [0, 0.1) is 0 Å². The van der Waals surface area contributed by atoms with Gasteiger partial charge in [0.2, 0.25) is 0 Å². The van der Waals surface area contributed by atoms with Crippen LogP contribution in [0.25, 0.3) is 0 Å². The van der Waals surface area contributed by atoms with Crippen molar-refractivity contribution in [3.8, 4) is 0 Å². The number of aromatic nitrogens is 3. The highest BCUT2D eigenvalue weighted by Crippen LogP contribution is 2.18. The second kappa shape index (κ2) is 6.91. The van der Waals surface area contributed by atoms with Crippen molar-refractivity contribution in [1.82, 2.24) is 20.3 Å². The normalized spacial score (nSPS) is 10.3. The first-order valence-electron chi connectivity index (χ1n) is 6.36. The molecule has 106 valence electrons. The van der Waals surface area contributed by atoms with Crippen molar-refractivity contribution >= 4 is 23.3 Å². The number of hydrogen-bond acceptors (Lipinski definition) is 4. The molecule has 1 amide bonds. The summed E-state index contributed by atoms with van der Waals surface area (Å²) in [6.07, 6.45) is 5.78. The van der Waals surface area contributed by atoms with E-state index in [1.165, 1.54) is 6.20 Å². The van der Waals surface area contributed by atoms with Gasteiger partial charge < -0.3 is 15.6 Å². The van der Waals surface area contributed by atoms with Gasteiger partial charge in [0, 0.05) is 25.1 Å². The molecule has 6 nitrogen and oxygen atoms in total. The van der Waals surface area contributed by atoms with E-state index in [1.54, 1.807) is 18.5 Å². The van der Waals surface area contributed by atoms with Crippen LogP contribution in [-0.4, -0.2) is 27.4 Å². The summed E-state index contributed by atoms with van der Waals surface area (Å²) in [4.78, 5) is 23.2. The van der Waals surface area contributed by atoms with Crippen molar-refractivity contribution in [2.45, 2.75) is 19.9 Å². The third-order valence-electron chi connectivity index (χ3n) is 2.63. The molecule has 2 heterocycles. The van der Waals surface area contributed by atoms with Gasteiger partial charge in [-0.15, -0.1) is 0 Å². The minimum Gasteiger partial charge on any atom is -0.370 e. The van der Waals surface area contributed by atoms with Crippen LogP contribution in [-0.2, 0) is 6.54 Å². The molecule has 0 aliphatic carbocycles. The van der Waals surface area contributed by atoms with E-state index in [0.717, 1.165) is 13.0 Å². The van der Waals surface area contributed by atoms with Crippen LogP contribution in [0.1, 0.15) is 29.5 Å². The predicted octanol–water partition coefficient (Wildman–Crippen LogP) is 2.21. The molecule has 0 saturated carbocycles. The molecule has 0 fully saturated rings. The maximum atomic E-state index is 12.1. The van der Waals surface area contributed by atoms with Gasteiger partial charge in [-0.05, 0) is 12.5 Å². The van der Waals surface area contributed by atoms with Gasteiger partial charge in [0.25, 0.3) is 5.91 Å². The maximum absolute atomic E-state index is 12.1. The molecular formula is C13H16ClN5O. The molecule has 2 rings (SSSR count). The average molecular weight is 294 g/mol. The van der Waals surface area contributed by atoms with E-state index in [2.05, 4.69) is 32.5 Å². The van der Waals surface area contributed by atoms with Crippen LogP contribution in [0.4, 0.5) is 5.82 Å². The minimum absolute atomic E-state index is 0.256. The van der Waals surface area contributed by atoms with Gasteiger partial charge in [0.1, 0.15) is 11.6 Å². The minimum atomic E-state index is -0.256. The molecular weight excluding hydrogens is 278 g/mol. The molecule has 0 unspecified atom stereocenters. The molecule has 0 aliphatic rings. The third kappa shape index (κ3) is 3.71. The average Bonchev–Trinajstić information content (AvgIpc) is 2.97. The zero-order valence-electron chi connectivity index (χ0n) is 11.1. The number of hydrogen-bond donors (Lipinski definition) is 3. The molecule has 0 bridgehead atoms. The summed E-state index contributed by atoms with van der Waals surface area (Å²) in [5.41, 5.74) is 0.395. The fourth-order valence-electron chi connectivity index (χ4n) is 1.62. The summed E-state index contributed by atoms with van der Waals surface area (Å²) in [6, 6.07) is 1.65. The second-order valence-electron chi connectivity index (χ2n) is 4.19. The molecule has 0 radical (unpaired) electrons. The number of aromatic amines is 1. The van der Waals surface area contributed by atoms with E-state index >= 15 is 0 Å². The largest absolute Gasteiger partial charge is 0.370 e. The van der Waals surface area contributed by atoms with Crippen LogP contribution in [0.3, 0.4) is 0 Å². The van der Waals surface area contributed by atoms with E-state index in [-0.39, 0.29) is 5.91 Å². The Bertz CT molecular complexity index is 570. The highest BCUT2D eigenvalue weighted by atomic mass is 35.5. The van der Waals surface area contributed by atoms with Crippen molar-refractivity contribution < 1.29 is 4.79 Å². The first-order valence-corrected chi connectivity index (χ1v) is 6.74. The van der Waals surface area contributed by atoms with Gasteiger partial charge in [-0.1, -0.05) is 18.5 Å². The molecule has 0 aliphatic heterocycles. The number of rotatable bonds is 6. The van der Waals surface area contributed by atoms with E-state index in [1.807, 2.05) is 0 Å². The highest BCUT2D eigenvalue weighted by molar-refractivity contribution is 6.33. The number of carbonyl (C=O) groups excluding carboxylic acids is 1. The number of H-pyrrole nitrogens is 1. The maximum Gasteiger partial charge on any atom is 0.253 e. The SMILES string of the molecule is CCCNc1cc(C(=O)NCc2ncc[nH]2)c(Cl)cn1. The Morgan fingerprint density at radius 1 is 1.45 bits per heavy atom. The van der Waals surface area contributed by atoms with Gasteiger partial charge in [-0.25, -0.2) is 9.97 Å². The number of nitrogens with one attached hydrogen (secondary N) is 3. The Hall–Kier alpha value is -2.08. The Morgan fingerprint density at radius 3 is 3.00 bits per heavy atom. The highest BCUT2D eigenvalue weighted by Gasteiger charge is 2.12. The molecule has 7 heteroatoms. The Balaban J connectivity index is 2.04. The lowest BCUT2D eigenvalue weighted by atomic mass is 10.2. The third-order valence-corrected chi connectivity index (χ3v) is 2.93. The summed E-state index contributed by atoms with van der Waals surface area (Å²) in [5.74, 6) is 1.07. The molecule has 0 spiro atoms. The van der Waals surface area contributed by atoms with Crippen molar-refractivity contribution in [2.75, 3.05) is 11.9 Å². The molecule has 2 aromatic rings. The van der Waals surface area contributed by atoms with E-state index < -0.39 is 0 Å². The van der Waals surface area contributed by atoms with Gasteiger partial charge in [-0.2, -0.15) is 0 Å². The first-order chi connectivity index (χ1) is 9.70. The number of amides is 1. The van der Waals surface area contributed by atoms with Gasteiger partial charge in [0.05, 0.1) is 17.1 Å². The van der Waals surface area contributed by atoms with Gasteiger partial charge >= 0.3 is 0 Å². The fourth-order valence-corrected chi connectivity index (χ4v) is 1.81. The van der Waals surface area contributed by atoms with E-state index in [4.69, 9.17) is 11.6 Å². The predicted molar refractivity (Wildman–Crippen MR) is 77.8 cm³/mol. The Labute approximate surface area is 122 Å². The van der Waals surface area contributed by atoms with Gasteiger partial charge in [0.15, 0.2) is 0 Å². The topological polar surface area (TPSA) is 82.7 Å². The summed E-state index contributed by atoms with van der Waals surface area (Å²) in [7, 11) is 0. The van der Waals surface area contributed by atoms with Crippen molar-refractivity contribution in [2.24, 2.45) is 0 Å². The Kier molecular flexibility index (Phi) is 4.95. The molecule has 0 aromatic carbocycles. The van der Waals surface area contributed by atoms with Crippen molar-refractivity contribution in [1.29, 1.82) is 0 Å². The van der Waals surface area contributed by atoms with E-state index in [9.17, 15) is 4.79 Å². The lowest BCUT2D eigenvalue weighted by Crippen LogP contribution is -2.24. The number of nitrogens with zero attached hydrogens (tertiary/aromatic N) is 2. The lowest BCUT2D eigenvalue weighted by Gasteiger charge is -2.08. The standard InChI is InChI=1S/C13H16ClN5O/c1-2-3-15-11-6-9(10(14)7-18-11)13(20)19-8-12-16-4-5-17-12/h4-7H,2-3,8H2,1H3,(H,15,18)(H,16,17)(H,19,20). The molecule has 0 atom stereocenters. The number of anilines is 1. The molecule has 2 aromatic heterocycles. The zero-order valence-corrected chi connectivity index (χ0v) is 11.9. The summed E-state index contributed by atoms with van der Waals surface area (Å²) in [6.45, 7) is 3.17. The number of imidazole rings is 1. The number of halogens is 1. The molecule has 20 heavy (non-hydrogen) atoms. The Morgan fingerprint density at radius 2 is 2.30 bits per heavy atom. The molecule has 3 N–H and O–H groups in total. The van der Waals surface area contributed by atoms with E-state index in [0.29, 0.717) is 28.8 Å². The monoisotopic (exact) mass is 293 g/mol. The smallest absolute Gasteiger partial charge is 0.253 e. The summed E-state index contributed by atoms with van der Waals surface area (Å²) >= 11 is 6.01. The second-order valence-corrected chi connectivity index (χ2v) is 4.60. The van der Waals surface area contributed by atoms with Crippen LogP contribution in [0.5, 0.6) is 0 Å². The molecule has 0 saturated heterocycles. The van der Waals surface area contributed by atoms with Crippen molar-refractivity contribution in [3.05, 3.63) is 41.1 Å². The summed E-state index contributed by atoms with van der Waals surface area (Å²) in [5, 5.41) is 6.19. The van der Waals surface area contributed by atoms with Crippen LogP contribution in [0.15, 0.2) is 24.7 Å². The zero-order chi connectivity index (χ0) is 14.4. The van der Waals surface area contributed by atoms with Crippen molar-refractivity contribution in [3.63, 3.8) is 0 Å². The lowest BCUT2D eigenvalue weighted by molar-refractivity contribution is 0.0950. The van der Waals surface area contributed by atoms with Gasteiger partial charge in [-0.3, -0.25) is 4.79 Å². The quantitative estimate of drug-likeness (QED) is 0.762. The number of carbonyl (C=O) groups is 1. The van der Waals surface area contributed by atoms with Crippen LogP contribution in [0.2, 0.25) is 5.02 Å². The van der Waals surface area contributed by atoms with Crippen LogP contribution < -0.4 is 10.6 Å². The first kappa shape index (κ1) is 14.3. The number of pyridine rings is 1.